The van der Waals surface area contributed by atoms with E-state index in [-0.39, 0.29) is 11.1 Å². The first-order chi connectivity index (χ1) is 14.0. The standard InChI is InChI=1S/C22H18F2N2O3/c1-29-19-12-6-14(7-13-19)20(25-21(27)15-2-8-17(23)9-3-15)26-22(28)16-4-10-18(24)11-5-16/h2-13,20H,1H3,(H,25,27)(H,26,28). The molecule has 0 bridgehead atoms. The van der Waals surface area contributed by atoms with Crippen LogP contribution in [0.3, 0.4) is 0 Å². The molecule has 0 saturated carbocycles. The van der Waals surface area contributed by atoms with Gasteiger partial charge in [-0.1, -0.05) is 12.1 Å². The molecule has 0 aliphatic heterocycles. The Labute approximate surface area is 166 Å². The Kier molecular flexibility index (Phi) is 6.19. The summed E-state index contributed by atoms with van der Waals surface area (Å²) in [4.78, 5) is 25.1. The highest BCUT2D eigenvalue weighted by Gasteiger charge is 2.19. The van der Waals surface area contributed by atoms with Crippen LogP contribution >= 0.6 is 0 Å². The molecule has 0 aromatic heterocycles. The molecule has 0 unspecified atom stereocenters. The summed E-state index contributed by atoms with van der Waals surface area (Å²) >= 11 is 0. The molecule has 2 N–H and O–H groups in total. The van der Waals surface area contributed by atoms with Crippen molar-refractivity contribution < 1.29 is 23.1 Å². The van der Waals surface area contributed by atoms with Gasteiger partial charge in [-0.2, -0.15) is 0 Å². The monoisotopic (exact) mass is 396 g/mol. The van der Waals surface area contributed by atoms with Crippen molar-refractivity contribution in [1.82, 2.24) is 10.6 Å². The molecule has 3 aromatic rings. The molecule has 0 aliphatic rings. The molecular formula is C22H18F2N2O3. The summed E-state index contributed by atoms with van der Waals surface area (Å²) in [7, 11) is 1.53. The van der Waals surface area contributed by atoms with Crippen LogP contribution in [-0.4, -0.2) is 18.9 Å². The normalized spacial score (nSPS) is 10.5. The highest BCUT2D eigenvalue weighted by molar-refractivity contribution is 5.96. The molecule has 7 heteroatoms. The lowest BCUT2D eigenvalue weighted by molar-refractivity contribution is 0.0883. The predicted molar refractivity (Wildman–Crippen MR) is 103 cm³/mol. The minimum atomic E-state index is -0.879. The van der Waals surface area contributed by atoms with E-state index in [0.717, 1.165) is 0 Å². The molecule has 3 rings (SSSR count). The van der Waals surface area contributed by atoms with Gasteiger partial charge in [0.25, 0.3) is 11.8 Å². The van der Waals surface area contributed by atoms with Crippen molar-refractivity contribution >= 4 is 11.8 Å². The van der Waals surface area contributed by atoms with Crippen molar-refractivity contribution in [1.29, 1.82) is 0 Å². The quantitative estimate of drug-likeness (QED) is 0.623. The second-order valence-electron chi connectivity index (χ2n) is 6.17. The molecule has 0 atom stereocenters. The van der Waals surface area contributed by atoms with E-state index in [1.54, 1.807) is 24.3 Å². The van der Waals surface area contributed by atoms with E-state index in [0.29, 0.717) is 11.3 Å². The fourth-order valence-corrected chi connectivity index (χ4v) is 2.63. The summed E-state index contributed by atoms with van der Waals surface area (Å²) in [5.41, 5.74) is 1.07. The van der Waals surface area contributed by atoms with E-state index >= 15 is 0 Å². The first-order valence-corrected chi connectivity index (χ1v) is 8.73. The number of methoxy groups -OCH3 is 1. The second-order valence-corrected chi connectivity index (χ2v) is 6.17. The fraction of sp³-hybridized carbons (Fsp3) is 0.0909. The zero-order valence-electron chi connectivity index (χ0n) is 15.5. The molecular weight excluding hydrogens is 378 g/mol. The van der Waals surface area contributed by atoms with E-state index in [4.69, 9.17) is 4.74 Å². The number of carbonyl (C=O) groups is 2. The van der Waals surface area contributed by atoms with Gasteiger partial charge in [0.1, 0.15) is 23.5 Å². The third-order valence-corrected chi connectivity index (χ3v) is 4.21. The largest absolute Gasteiger partial charge is 0.497 e. The first kappa shape index (κ1) is 20.0. The Morgan fingerprint density at radius 1 is 0.724 bits per heavy atom. The van der Waals surface area contributed by atoms with Gasteiger partial charge in [-0.15, -0.1) is 0 Å². The number of carbonyl (C=O) groups excluding carboxylic acids is 2. The van der Waals surface area contributed by atoms with Crippen molar-refractivity contribution in [2.45, 2.75) is 6.17 Å². The maximum atomic E-state index is 13.1. The van der Waals surface area contributed by atoms with Gasteiger partial charge < -0.3 is 15.4 Å². The van der Waals surface area contributed by atoms with Gasteiger partial charge in [-0.05, 0) is 66.2 Å². The lowest BCUT2D eigenvalue weighted by Gasteiger charge is -2.21. The number of hydrogen-bond donors (Lipinski definition) is 2. The average molecular weight is 396 g/mol. The van der Waals surface area contributed by atoms with Gasteiger partial charge in [0.05, 0.1) is 7.11 Å². The van der Waals surface area contributed by atoms with Gasteiger partial charge in [0, 0.05) is 11.1 Å². The fourth-order valence-electron chi connectivity index (χ4n) is 2.63. The molecule has 5 nitrogen and oxygen atoms in total. The minimum absolute atomic E-state index is 0.237. The number of benzene rings is 3. The summed E-state index contributed by atoms with van der Waals surface area (Å²) in [6.45, 7) is 0. The van der Waals surface area contributed by atoms with Gasteiger partial charge in [0.2, 0.25) is 0 Å². The lowest BCUT2D eigenvalue weighted by atomic mass is 10.1. The van der Waals surface area contributed by atoms with Crippen molar-refractivity contribution in [2.75, 3.05) is 7.11 Å². The van der Waals surface area contributed by atoms with E-state index in [1.165, 1.54) is 55.6 Å². The summed E-state index contributed by atoms with van der Waals surface area (Å²) in [5.74, 6) is -1.30. The number of rotatable bonds is 6. The molecule has 148 valence electrons. The zero-order chi connectivity index (χ0) is 20.8. The average Bonchev–Trinajstić information content (AvgIpc) is 2.74. The second kappa shape index (κ2) is 8.97. The molecule has 2 amide bonds. The third kappa shape index (κ3) is 5.16. The smallest absolute Gasteiger partial charge is 0.253 e. The van der Waals surface area contributed by atoms with Gasteiger partial charge >= 0.3 is 0 Å². The molecule has 29 heavy (non-hydrogen) atoms. The minimum Gasteiger partial charge on any atom is -0.497 e. The molecule has 0 aliphatic carbocycles. The topological polar surface area (TPSA) is 67.4 Å². The van der Waals surface area contributed by atoms with Crippen LogP contribution in [0.15, 0.2) is 72.8 Å². The zero-order valence-corrected chi connectivity index (χ0v) is 15.5. The Morgan fingerprint density at radius 3 is 1.52 bits per heavy atom. The van der Waals surface area contributed by atoms with E-state index in [1.807, 2.05) is 0 Å². The molecule has 3 aromatic carbocycles. The maximum absolute atomic E-state index is 13.1. The van der Waals surface area contributed by atoms with Crippen LogP contribution in [0.4, 0.5) is 8.78 Å². The molecule has 0 fully saturated rings. The number of nitrogens with one attached hydrogen (secondary N) is 2. The predicted octanol–water partition coefficient (Wildman–Crippen LogP) is 3.83. The van der Waals surface area contributed by atoms with Crippen LogP contribution in [0.25, 0.3) is 0 Å². The molecule has 0 saturated heterocycles. The lowest BCUT2D eigenvalue weighted by Crippen LogP contribution is -2.41. The van der Waals surface area contributed by atoms with Crippen LogP contribution in [0.1, 0.15) is 32.4 Å². The Balaban J connectivity index is 1.84. The maximum Gasteiger partial charge on any atom is 0.253 e. The molecule has 0 radical (unpaired) electrons. The van der Waals surface area contributed by atoms with Gasteiger partial charge in [-0.3, -0.25) is 9.59 Å². The third-order valence-electron chi connectivity index (χ3n) is 4.21. The van der Waals surface area contributed by atoms with E-state index < -0.39 is 29.6 Å². The SMILES string of the molecule is COc1ccc(C(NC(=O)c2ccc(F)cc2)NC(=O)c2ccc(F)cc2)cc1. The highest BCUT2D eigenvalue weighted by atomic mass is 19.1. The summed E-state index contributed by atoms with van der Waals surface area (Å²) in [6.07, 6.45) is -0.879. The van der Waals surface area contributed by atoms with Crippen molar-refractivity contribution in [3.8, 4) is 5.75 Å². The molecule has 0 spiro atoms. The number of hydrogen-bond acceptors (Lipinski definition) is 3. The Hall–Kier alpha value is -3.74. The first-order valence-electron chi connectivity index (χ1n) is 8.73. The van der Waals surface area contributed by atoms with Crippen molar-refractivity contribution in [2.24, 2.45) is 0 Å². The van der Waals surface area contributed by atoms with Crippen LogP contribution in [0, 0.1) is 11.6 Å². The van der Waals surface area contributed by atoms with Crippen molar-refractivity contribution in [3.63, 3.8) is 0 Å². The number of ether oxygens (including phenoxy) is 1. The van der Waals surface area contributed by atoms with Crippen LogP contribution in [0.2, 0.25) is 0 Å². The Bertz CT molecular complexity index is 929. The summed E-state index contributed by atoms with van der Waals surface area (Å²) < 4.78 is 31.3. The van der Waals surface area contributed by atoms with Crippen LogP contribution in [0.5, 0.6) is 5.75 Å². The summed E-state index contributed by atoms with van der Waals surface area (Å²) in [6, 6.07) is 16.8. The summed E-state index contributed by atoms with van der Waals surface area (Å²) in [5, 5.41) is 5.42. The van der Waals surface area contributed by atoms with Gasteiger partial charge in [-0.25, -0.2) is 8.78 Å². The van der Waals surface area contributed by atoms with Crippen LogP contribution in [-0.2, 0) is 0 Å². The van der Waals surface area contributed by atoms with E-state index in [2.05, 4.69) is 10.6 Å². The Morgan fingerprint density at radius 2 is 1.14 bits per heavy atom. The number of amides is 2. The van der Waals surface area contributed by atoms with Crippen LogP contribution < -0.4 is 15.4 Å². The highest BCUT2D eigenvalue weighted by Crippen LogP contribution is 2.18. The van der Waals surface area contributed by atoms with Gasteiger partial charge in [0.15, 0.2) is 0 Å². The molecule has 0 heterocycles. The van der Waals surface area contributed by atoms with E-state index in [9.17, 15) is 18.4 Å². The van der Waals surface area contributed by atoms with Crippen molar-refractivity contribution in [3.05, 3.63) is 101 Å². The number of halogens is 2.